The van der Waals surface area contributed by atoms with E-state index in [4.69, 9.17) is 10.5 Å². The van der Waals surface area contributed by atoms with Gasteiger partial charge in [0.25, 0.3) is 0 Å². The van der Waals surface area contributed by atoms with E-state index in [1.165, 1.54) is 0 Å². The first-order chi connectivity index (χ1) is 7.27. The van der Waals surface area contributed by atoms with Crippen molar-refractivity contribution in [3.63, 3.8) is 0 Å². The van der Waals surface area contributed by atoms with Crippen LogP contribution in [0, 0.1) is 0 Å². The zero-order valence-electron chi connectivity index (χ0n) is 8.56. The number of rotatable bonds is 2. The van der Waals surface area contributed by atoms with Crippen LogP contribution >= 0.6 is 0 Å². The maximum atomic E-state index is 11.7. The second-order valence-electron chi connectivity index (χ2n) is 3.90. The molecule has 1 saturated carbocycles. The lowest BCUT2D eigenvalue weighted by molar-refractivity contribution is 0.0283. The molecule has 15 heavy (non-hydrogen) atoms. The van der Waals surface area contributed by atoms with Crippen LogP contribution in [0.25, 0.3) is 0 Å². The number of benzene rings is 1. The number of hydrogen-bond acceptors (Lipinski definition) is 3. The molecule has 0 bridgehead atoms. The van der Waals surface area contributed by atoms with Gasteiger partial charge in [0.15, 0.2) is 0 Å². The third-order valence-corrected chi connectivity index (χ3v) is 2.77. The van der Waals surface area contributed by atoms with Crippen LogP contribution in [0.5, 0.6) is 0 Å². The Kier molecular flexibility index (Phi) is 3.02. The van der Waals surface area contributed by atoms with Gasteiger partial charge in [-0.2, -0.15) is 0 Å². The summed E-state index contributed by atoms with van der Waals surface area (Å²) in [5, 5.41) is 0. The summed E-state index contributed by atoms with van der Waals surface area (Å²) in [5.41, 5.74) is 6.42. The van der Waals surface area contributed by atoms with Gasteiger partial charge >= 0.3 is 5.97 Å². The lowest BCUT2D eigenvalue weighted by Gasteiger charge is -2.16. The van der Waals surface area contributed by atoms with Gasteiger partial charge in [0.1, 0.15) is 6.10 Å². The lowest BCUT2D eigenvalue weighted by atomic mass is 10.2. The van der Waals surface area contributed by atoms with E-state index in [-0.39, 0.29) is 18.1 Å². The van der Waals surface area contributed by atoms with Crippen molar-refractivity contribution in [3.8, 4) is 0 Å². The zero-order valence-corrected chi connectivity index (χ0v) is 8.56. The molecule has 2 atom stereocenters. The van der Waals surface area contributed by atoms with Gasteiger partial charge in [0.2, 0.25) is 0 Å². The molecule has 2 rings (SSSR count). The Bertz CT molecular complexity index is 337. The van der Waals surface area contributed by atoms with E-state index in [1.54, 1.807) is 12.1 Å². The number of carbonyl (C=O) groups excluding carboxylic acids is 1. The van der Waals surface area contributed by atoms with Gasteiger partial charge in [-0.1, -0.05) is 18.2 Å². The number of esters is 1. The molecule has 0 amide bonds. The minimum Gasteiger partial charge on any atom is -0.457 e. The van der Waals surface area contributed by atoms with Crippen molar-refractivity contribution in [1.29, 1.82) is 0 Å². The van der Waals surface area contributed by atoms with Crippen LogP contribution in [0.2, 0.25) is 0 Å². The highest BCUT2D eigenvalue weighted by atomic mass is 16.5. The van der Waals surface area contributed by atoms with Crippen LogP contribution in [-0.2, 0) is 4.74 Å². The van der Waals surface area contributed by atoms with Crippen LogP contribution < -0.4 is 5.73 Å². The molecule has 0 spiro atoms. The summed E-state index contributed by atoms with van der Waals surface area (Å²) in [7, 11) is 0. The fourth-order valence-electron chi connectivity index (χ4n) is 1.88. The Morgan fingerprint density at radius 1 is 1.27 bits per heavy atom. The Balaban J connectivity index is 1.98. The van der Waals surface area contributed by atoms with Crippen molar-refractivity contribution in [2.45, 2.75) is 31.4 Å². The fraction of sp³-hybridized carbons (Fsp3) is 0.417. The Morgan fingerprint density at radius 2 is 2.00 bits per heavy atom. The number of nitrogens with two attached hydrogens (primary N) is 1. The molecule has 0 heterocycles. The fourth-order valence-corrected chi connectivity index (χ4v) is 1.88. The molecule has 2 N–H and O–H groups in total. The van der Waals surface area contributed by atoms with E-state index in [1.807, 2.05) is 18.2 Å². The van der Waals surface area contributed by atoms with Crippen LogP contribution in [-0.4, -0.2) is 18.1 Å². The maximum Gasteiger partial charge on any atom is 0.338 e. The molecule has 1 aliphatic carbocycles. The highest BCUT2D eigenvalue weighted by Crippen LogP contribution is 2.21. The highest BCUT2D eigenvalue weighted by Gasteiger charge is 2.27. The topological polar surface area (TPSA) is 52.3 Å². The van der Waals surface area contributed by atoms with Crippen LogP contribution in [0.1, 0.15) is 29.6 Å². The molecule has 1 aliphatic rings. The first-order valence-corrected chi connectivity index (χ1v) is 5.29. The van der Waals surface area contributed by atoms with Gasteiger partial charge in [0, 0.05) is 6.04 Å². The van der Waals surface area contributed by atoms with Crippen LogP contribution in [0.3, 0.4) is 0 Å². The first kappa shape index (κ1) is 10.2. The van der Waals surface area contributed by atoms with Gasteiger partial charge < -0.3 is 10.5 Å². The number of ether oxygens (including phenoxy) is 1. The summed E-state index contributed by atoms with van der Waals surface area (Å²) in [6, 6.07) is 9.04. The second-order valence-corrected chi connectivity index (χ2v) is 3.90. The van der Waals surface area contributed by atoms with Crippen LogP contribution in [0.15, 0.2) is 30.3 Å². The van der Waals surface area contributed by atoms with Gasteiger partial charge in [-0.15, -0.1) is 0 Å². The summed E-state index contributed by atoms with van der Waals surface area (Å²) in [6.45, 7) is 0. The number of carbonyl (C=O) groups is 1. The minimum absolute atomic E-state index is 0.0117. The van der Waals surface area contributed by atoms with E-state index in [2.05, 4.69) is 0 Å². The molecular weight excluding hydrogens is 190 g/mol. The smallest absolute Gasteiger partial charge is 0.338 e. The second kappa shape index (κ2) is 4.45. The molecule has 1 fully saturated rings. The quantitative estimate of drug-likeness (QED) is 0.748. The van der Waals surface area contributed by atoms with Gasteiger partial charge in [-0.3, -0.25) is 0 Å². The summed E-state index contributed by atoms with van der Waals surface area (Å²) >= 11 is 0. The van der Waals surface area contributed by atoms with Crippen molar-refractivity contribution >= 4 is 5.97 Å². The molecule has 3 nitrogen and oxygen atoms in total. The minimum atomic E-state index is -0.266. The van der Waals surface area contributed by atoms with Gasteiger partial charge in [-0.05, 0) is 31.4 Å². The lowest BCUT2D eigenvalue weighted by Crippen LogP contribution is -2.33. The summed E-state index contributed by atoms with van der Waals surface area (Å²) in [6.07, 6.45) is 2.79. The Labute approximate surface area is 89.2 Å². The van der Waals surface area contributed by atoms with Crippen molar-refractivity contribution in [3.05, 3.63) is 35.9 Å². The third kappa shape index (κ3) is 2.36. The van der Waals surface area contributed by atoms with Gasteiger partial charge in [-0.25, -0.2) is 4.79 Å². The monoisotopic (exact) mass is 205 g/mol. The van der Waals surface area contributed by atoms with E-state index in [9.17, 15) is 4.79 Å². The first-order valence-electron chi connectivity index (χ1n) is 5.29. The predicted molar refractivity (Wildman–Crippen MR) is 57.5 cm³/mol. The molecule has 0 aromatic heterocycles. The molecule has 0 unspecified atom stereocenters. The molecule has 80 valence electrons. The third-order valence-electron chi connectivity index (χ3n) is 2.77. The van der Waals surface area contributed by atoms with E-state index < -0.39 is 0 Å². The summed E-state index contributed by atoms with van der Waals surface area (Å²) in [4.78, 5) is 11.7. The largest absolute Gasteiger partial charge is 0.457 e. The molecule has 0 saturated heterocycles. The molecular formula is C12H15NO2. The van der Waals surface area contributed by atoms with E-state index >= 15 is 0 Å². The Morgan fingerprint density at radius 3 is 2.60 bits per heavy atom. The van der Waals surface area contributed by atoms with Crippen LogP contribution in [0.4, 0.5) is 0 Å². The molecule has 3 heteroatoms. The SMILES string of the molecule is N[C@@H]1CCC[C@H]1OC(=O)c1ccccc1. The van der Waals surface area contributed by atoms with E-state index in [0.717, 1.165) is 19.3 Å². The maximum absolute atomic E-state index is 11.7. The van der Waals surface area contributed by atoms with Crippen molar-refractivity contribution in [2.75, 3.05) is 0 Å². The summed E-state index contributed by atoms with van der Waals surface area (Å²) < 4.78 is 5.35. The molecule has 0 radical (unpaired) electrons. The molecule has 1 aromatic rings. The Hall–Kier alpha value is -1.35. The zero-order chi connectivity index (χ0) is 10.7. The molecule has 0 aliphatic heterocycles. The summed E-state index contributed by atoms with van der Waals surface area (Å²) in [5.74, 6) is -0.266. The van der Waals surface area contributed by atoms with Crippen molar-refractivity contribution < 1.29 is 9.53 Å². The van der Waals surface area contributed by atoms with Crippen molar-refractivity contribution in [1.82, 2.24) is 0 Å². The average molecular weight is 205 g/mol. The van der Waals surface area contributed by atoms with Crippen molar-refractivity contribution in [2.24, 2.45) is 5.73 Å². The predicted octanol–water partition coefficient (Wildman–Crippen LogP) is 1.72. The average Bonchev–Trinajstić information content (AvgIpc) is 2.66. The van der Waals surface area contributed by atoms with E-state index in [0.29, 0.717) is 5.56 Å². The highest BCUT2D eigenvalue weighted by molar-refractivity contribution is 5.89. The normalized spacial score (nSPS) is 25.1. The molecule has 1 aromatic carbocycles. The van der Waals surface area contributed by atoms with Gasteiger partial charge in [0.05, 0.1) is 5.56 Å². The number of hydrogen-bond donors (Lipinski definition) is 1. The standard InChI is InChI=1S/C12H15NO2/c13-10-7-4-8-11(10)15-12(14)9-5-2-1-3-6-9/h1-3,5-6,10-11H,4,7-8,13H2/t10-,11-/m1/s1.